The topological polar surface area (TPSA) is 20.2 Å². The fraction of sp³-hybridized carbons (Fsp3) is 0.667. The van der Waals surface area contributed by atoms with Crippen molar-refractivity contribution < 1.29 is 13.9 Å². The number of hydrogen-bond donors (Lipinski definition) is 1. The summed E-state index contributed by atoms with van der Waals surface area (Å²) in [5.41, 5.74) is -0.0602. The van der Waals surface area contributed by atoms with E-state index in [2.05, 4.69) is 0 Å². The smallest absolute Gasteiger partial charge is 0.272 e. The Hall–Kier alpha value is -0.440. The molecular formula is C6H8F2O. The Morgan fingerprint density at radius 1 is 1.56 bits per heavy atom. The van der Waals surface area contributed by atoms with E-state index in [0.29, 0.717) is 19.3 Å². The highest BCUT2D eigenvalue weighted by molar-refractivity contribution is 5.12. The summed E-state index contributed by atoms with van der Waals surface area (Å²) in [6.45, 7) is 0. The molecule has 1 nitrogen and oxygen atoms in total. The second kappa shape index (κ2) is 2.43. The van der Waals surface area contributed by atoms with Crippen LogP contribution in [0.4, 0.5) is 8.78 Å². The number of rotatable bonds is 0. The highest BCUT2D eigenvalue weighted by Gasteiger charge is 2.22. The Bertz CT molecular complexity index is 138. The maximum absolute atomic E-state index is 11.7. The molecule has 0 heterocycles. The molecule has 3 heteroatoms. The lowest BCUT2D eigenvalue weighted by molar-refractivity contribution is 0.209. The molecular weight excluding hydrogens is 126 g/mol. The summed E-state index contributed by atoms with van der Waals surface area (Å²) in [5, 5.41) is 8.82. The average Bonchev–Trinajstić information content (AvgIpc) is 2.13. The standard InChI is InChI=1S/C6H8F2O/c7-6(8)4-2-1-3-5(4)9/h5,9H,1-3H2. The first kappa shape index (κ1) is 6.68. The van der Waals surface area contributed by atoms with E-state index in [0.717, 1.165) is 0 Å². The molecule has 1 N–H and O–H groups in total. The van der Waals surface area contributed by atoms with Gasteiger partial charge in [-0.05, 0) is 19.3 Å². The van der Waals surface area contributed by atoms with Gasteiger partial charge in [-0.1, -0.05) is 0 Å². The van der Waals surface area contributed by atoms with Crippen molar-refractivity contribution in [3.63, 3.8) is 0 Å². The van der Waals surface area contributed by atoms with Gasteiger partial charge in [-0.2, -0.15) is 8.78 Å². The van der Waals surface area contributed by atoms with E-state index in [1.54, 1.807) is 0 Å². The van der Waals surface area contributed by atoms with Crippen LogP contribution in [-0.2, 0) is 0 Å². The van der Waals surface area contributed by atoms with E-state index in [1.165, 1.54) is 0 Å². The van der Waals surface area contributed by atoms with Gasteiger partial charge in [0.05, 0.1) is 6.10 Å². The number of aliphatic hydroxyl groups excluding tert-OH is 1. The molecule has 0 spiro atoms. The normalized spacial score (nSPS) is 27.0. The van der Waals surface area contributed by atoms with Gasteiger partial charge in [0.2, 0.25) is 0 Å². The summed E-state index contributed by atoms with van der Waals surface area (Å²) in [7, 11) is 0. The van der Waals surface area contributed by atoms with Crippen LogP contribution < -0.4 is 0 Å². The molecule has 1 fully saturated rings. The van der Waals surface area contributed by atoms with Crippen LogP contribution in [0.1, 0.15) is 19.3 Å². The zero-order valence-corrected chi connectivity index (χ0v) is 4.90. The average molecular weight is 134 g/mol. The van der Waals surface area contributed by atoms with Gasteiger partial charge in [-0.3, -0.25) is 0 Å². The molecule has 1 atom stereocenters. The molecule has 0 radical (unpaired) electrons. The summed E-state index contributed by atoms with van der Waals surface area (Å²) >= 11 is 0. The first-order valence-corrected chi connectivity index (χ1v) is 2.94. The molecule has 0 aromatic carbocycles. The van der Waals surface area contributed by atoms with Gasteiger partial charge in [-0.25, -0.2) is 0 Å². The largest absolute Gasteiger partial charge is 0.389 e. The minimum Gasteiger partial charge on any atom is -0.389 e. The lowest BCUT2D eigenvalue weighted by Crippen LogP contribution is -2.01. The Balaban J connectivity index is 2.70. The first-order valence-electron chi connectivity index (χ1n) is 2.94. The van der Waals surface area contributed by atoms with Crippen LogP contribution in [0, 0.1) is 0 Å². The van der Waals surface area contributed by atoms with Crippen LogP contribution in [0.2, 0.25) is 0 Å². The molecule has 1 rings (SSSR count). The number of halogens is 2. The van der Waals surface area contributed by atoms with E-state index < -0.39 is 12.2 Å². The third-order valence-electron chi connectivity index (χ3n) is 1.57. The van der Waals surface area contributed by atoms with Crippen molar-refractivity contribution in [3.8, 4) is 0 Å². The Morgan fingerprint density at radius 2 is 2.22 bits per heavy atom. The Kier molecular flexibility index (Phi) is 1.81. The van der Waals surface area contributed by atoms with E-state index >= 15 is 0 Å². The summed E-state index contributed by atoms with van der Waals surface area (Å²) in [5.74, 6) is 0. The van der Waals surface area contributed by atoms with Gasteiger partial charge >= 0.3 is 0 Å². The second-order valence-electron chi connectivity index (χ2n) is 2.19. The second-order valence-corrected chi connectivity index (χ2v) is 2.19. The SMILES string of the molecule is OC1CCCC1=C(F)F. The molecule has 0 amide bonds. The van der Waals surface area contributed by atoms with Gasteiger partial charge in [0, 0.05) is 5.57 Å². The Labute approximate surface area is 52.0 Å². The number of hydrogen-bond acceptors (Lipinski definition) is 1. The summed E-state index contributed by atoms with van der Waals surface area (Å²) in [6.07, 6.45) is -1.01. The summed E-state index contributed by atoms with van der Waals surface area (Å²) in [6, 6.07) is 0. The predicted molar refractivity (Wildman–Crippen MR) is 29.1 cm³/mol. The highest BCUT2D eigenvalue weighted by Crippen LogP contribution is 2.28. The molecule has 1 unspecified atom stereocenters. The van der Waals surface area contributed by atoms with Crippen molar-refractivity contribution in [1.82, 2.24) is 0 Å². The van der Waals surface area contributed by atoms with E-state index in [9.17, 15) is 8.78 Å². The monoisotopic (exact) mass is 134 g/mol. The Morgan fingerprint density at radius 3 is 2.44 bits per heavy atom. The van der Waals surface area contributed by atoms with Crippen LogP contribution in [0.25, 0.3) is 0 Å². The van der Waals surface area contributed by atoms with Gasteiger partial charge < -0.3 is 5.11 Å². The van der Waals surface area contributed by atoms with Crippen LogP contribution >= 0.6 is 0 Å². The summed E-state index contributed by atoms with van der Waals surface area (Å²) in [4.78, 5) is 0. The quantitative estimate of drug-likeness (QED) is 0.534. The third-order valence-corrected chi connectivity index (χ3v) is 1.57. The fourth-order valence-corrected chi connectivity index (χ4v) is 1.05. The van der Waals surface area contributed by atoms with Crippen molar-refractivity contribution >= 4 is 0 Å². The van der Waals surface area contributed by atoms with Crippen LogP contribution in [0.15, 0.2) is 11.7 Å². The van der Waals surface area contributed by atoms with E-state index in [4.69, 9.17) is 5.11 Å². The molecule has 1 saturated carbocycles. The minimum absolute atomic E-state index is 0.0602. The first-order chi connectivity index (χ1) is 4.22. The molecule has 0 aromatic heterocycles. The van der Waals surface area contributed by atoms with Crippen molar-refractivity contribution in [3.05, 3.63) is 11.7 Å². The van der Waals surface area contributed by atoms with Crippen LogP contribution in [0.5, 0.6) is 0 Å². The fourth-order valence-electron chi connectivity index (χ4n) is 1.05. The van der Waals surface area contributed by atoms with E-state index in [-0.39, 0.29) is 5.57 Å². The lowest BCUT2D eigenvalue weighted by atomic mass is 10.2. The minimum atomic E-state index is -1.69. The number of aliphatic hydroxyl groups is 1. The molecule has 9 heavy (non-hydrogen) atoms. The molecule has 52 valence electrons. The lowest BCUT2D eigenvalue weighted by Gasteiger charge is -1.99. The zero-order chi connectivity index (χ0) is 6.85. The van der Waals surface area contributed by atoms with Crippen LogP contribution in [0.3, 0.4) is 0 Å². The van der Waals surface area contributed by atoms with E-state index in [1.807, 2.05) is 0 Å². The van der Waals surface area contributed by atoms with Crippen molar-refractivity contribution in [2.24, 2.45) is 0 Å². The third kappa shape index (κ3) is 1.27. The van der Waals surface area contributed by atoms with Crippen molar-refractivity contribution in [2.45, 2.75) is 25.4 Å². The van der Waals surface area contributed by atoms with Crippen LogP contribution in [-0.4, -0.2) is 11.2 Å². The molecule has 1 aliphatic rings. The van der Waals surface area contributed by atoms with Crippen molar-refractivity contribution in [1.29, 1.82) is 0 Å². The highest BCUT2D eigenvalue weighted by atomic mass is 19.3. The molecule has 1 aliphatic carbocycles. The molecule has 0 bridgehead atoms. The predicted octanol–water partition coefficient (Wildman–Crippen LogP) is 1.68. The maximum atomic E-state index is 11.7. The zero-order valence-electron chi connectivity index (χ0n) is 4.90. The summed E-state index contributed by atoms with van der Waals surface area (Å²) < 4.78 is 23.4. The van der Waals surface area contributed by atoms with Gasteiger partial charge in [-0.15, -0.1) is 0 Å². The molecule has 0 aromatic rings. The van der Waals surface area contributed by atoms with Gasteiger partial charge in [0.1, 0.15) is 0 Å². The van der Waals surface area contributed by atoms with Gasteiger partial charge in [0.25, 0.3) is 6.08 Å². The molecule has 0 aliphatic heterocycles. The van der Waals surface area contributed by atoms with Gasteiger partial charge in [0.15, 0.2) is 0 Å². The molecule has 0 saturated heterocycles. The van der Waals surface area contributed by atoms with Crippen molar-refractivity contribution in [2.75, 3.05) is 0 Å². The maximum Gasteiger partial charge on any atom is 0.272 e.